The first-order valence-electron chi connectivity index (χ1n) is 8.22. The number of aliphatic hydroxyl groups is 1. The van der Waals surface area contributed by atoms with Gasteiger partial charge in [0.05, 0.1) is 25.9 Å². The largest absolute Gasteiger partial charge is 0.450 e. The first-order chi connectivity index (χ1) is 11.6. The van der Waals surface area contributed by atoms with Crippen LogP contribution in [0.2, 0.25) is 5.02 Å². The summed E-state index contributed by atoms with van der Waals surface area (Å²) in [5.74, 6) is 0. The quantitative estimate of drug-likeness (QED) is 0.809. The molecule has 0 aromatic heterocycles. The number of ether oxygens (including phenoxy) is 2. The molecule has 1 aliphatic heterocycles. The molecule has 0 aliphatic carbocycles. The molecule has 1 atom stereocenters. The van der Waals surface area contributed by atoms with Gasteiger partial charge in [-0.15, -0.1) is 0 Å². The molecule has 0 radical (unpaired) electrons. The highest BCUT2D eigenvalue weighted by molar-refractivity contribution is 6.30. The van der Waals surface area contributed by atoms with Gasteiger partial charge in [0.2, 0.25) is 0 Å². The Morgan fingerprint density at radius 3 is 2.54 bits per heavy atom. The lowest BCUT2D eigenvalue weighted by molar-refractivity contribution is 0.00120. The van der Waals surface area contributed by atoms with Gasteiger partial charge in [0.25, 0.3) is 0 Å². The Morgan fingerprint density at radius 2 is 1.92 bits per heavy atom. The average molecular weight is 357 g/mol. The molecule has 2 rings (SSSR count). The Balaban J connectivity index is 1.62. The number of halogens is 1. The van der Waals surface area contributed by atoms with Gasteiger partial charge in [-0.3, -0.25) is 4.90 Å². The molecule has 1 amide bonds. The molecule has 0 saturated carbocycles. The molecule has 134 valence electrons. The van der Waals surface area contributed by atoms with Gasteiger partial charge in [-0.2, -0.15) is 0 Å². The van der Waals surface area contributed by atoms with E-state index >= 15 is 0 Å². The van der Waals surface area contributed by atoms with Crippen LogP contribution in [-0.4, -0.2) is 73.0 Å². The zero-order valence-corrected chi connectivity index (χ0v) is 14.7. The zero-order chi connectivity index (χ0) is 17.4. The second-order valence-electron chi connectivity index (χ2n) is 5.78. The van der Waals surface area contributed by atoms with Crippen LogP contribution < -0.4 is 0 Å². The summed E-state index contributed by atoms with van der Waals surface area (Å²) in [5, 5.41) is 10.8. The molecular weight excluding hydrogens is 332 g/mol. The van der Waals surface area contributed by atoms with Crippen LogP contribution in [0.4, 0.5) is 4.79 Å². The van der Waals surface area contributed by atoms with Crippen molar-refractivity contribution in [3.8, 4) is 0 Å². The number of benzene rings is 1. The van der Waals surface area contributed by atoms with Gasteiger partial charge in [0.15, 0.2) is 0 Å². The zero-order valence-electron chi connectivity index (χ0n) is 14.0. The van der Waals surface area contributed by atoms with E-state index in [1.54, 1.807) is 11.8 Å². The smallest absolute Gasteiger partial charge is 0.409 e. The number of carbonyl (C=O) groups is 1. The molecule has 1 fully saturated rings. The van der Waals surface area contributed by atoms with E-state index in [1.807, 2.05) is 24.3 Å². The van der Waals surface area contributed by atoms with Crippen molar-refractivity contribution < 1.29 is 19.4 Å². The van der Waals surface area contributed by atoms with Crippen molar-refractivity contribution in [2.45, 2.75) is 19.6 Å². The number of piperazine rings is 1. The number of hydrogen-bond acceptors (Lipinski definition) is 5. The van der Waals surface area contributed by atoms with Crippen LogP contribution in [0.5, 0.6) is 0 Å². The number of β-amino-alcohol motifs (C(OH)–C–C–N with tert-alkyl or cyclic N) is 1. The summed E-state index contributed by atoms with van der Waals surface area (Å²) in [4.78, 5) is 15.5. The summed E-state index contributed by atoms with van der Waals surface area (Å²) in [6.45, 7) is 6.16. The molecule has 6 nitrogen and oxygen atoms in total. The molecule has 1 aliphatic rings. The average Bonchev–Trinajstić information content (AvgIpc) is 2.57. The van der Waals surface area contributed by atoms with E-state index in [1.165, 1.54) is 0 Å². The molecular formula is C17H25ClN2O4. The number of rotatable bonds is 7. The summed E-state index contributed by atoms with van der Waals surface area (Å²) in [7, 11) is 0. The van der Waals surface area contributed by atoms with Crippen LogP contribution in [0.15, 0.2) is 24.3 Å². The number of amides is 1. The van der Waals surface area contributed by atoms with Crippen molar-refractivity contribution in [2.24, 2.45) is 0 Å². The van der Waals surface area contributed by atoms with Crippen LogP contribution in [0, 0.1) is 0 Å². The maximum absolute atomic E-state index is 11.6. The summed E-state index contributed by atoms with van der Waals surface area (Å²) in [5.41, 5.74) is 1.02. The standard InChI is InChI=1S/C17H25ClN2O4/c1-2-24-17(22)20-9-7-19(8-10-20)11-16(21)13-23-12-14-3-5-15(18)6-4-14/h3-6,16,21H,2,7-13H2,1H3/t16-/m1/s1. The number of hydrogen-bond donors (Lipinski definition) is 1. The van der Waals surface area contributed by atoms with E-state index in [9.17, 15) is 9.90 Å². The molecule has 1 aromatic rings. The third kappa shape index (κ3) is 6.28. The lowest BCUT2D eigenvalue weighted by atomic mass is 10.2. The lowest BCUT2D eigenvalue weighted by Gasteiger charge is -2.34. The molecule has 1 N–H and O–H groups in total. The summed E-state index contributed by atoms with van der Waals surface area (Å²) in [6, 6.07) is 7.45. The molecule has 0 bridgehead atoms. The minimum absolute atomic E-state index is 0.260. The van der Waals surface area contributed by atoms with Crippen LogP contribution in [-0.2, 0) is 16.1 Å². The van der Waals surface area contributed by atoms with Gasteiger partial charge in [0, 0.05) is 37.7 Å². The fourth-order valence-electron chi connectivity index (χ4n) is 2.57. The Bertz CT molecular complexity index is 504. The maximum Gasteiger partial charge on any atom is 0.409 e. The van der Waals surface area contributed by atoms with Gasteiger partial charge in [-0.1, -0.05) is 23.7 Å². The van der Waals surface area contributed by atoms with E-state index < -0.39 is 6.10 Å². The van der Waals surface area contributed by atoms with Crippen molar-refractivity contribution >= 4 is 17.7 Å². The van der Waals surface area contributed by atoms with E-state index in [0.29, 0.717) is 37.9 Å². The summed E-state index contributed by atoms with van der Waals surface area (Å²) in [6.07, 6.45) is -0.810. The topological polar surface area (TPSA) is 62.2 Å². The predicted molar refractivity (Wildman–Crippen MR) is 92.1 cm³/mol. The monoisotopic (exact) mass is 356 g/mol. The van der Waals surface area contributed by atoms with Crippen LogP contribution in [0.1, 0.15) is 12.5 Å². The highest BCUT2D eigenvalue weighted by Crippen LogP contribution is 2.10. The van der Waals surface area contributed by atoms with Gasteiger partial charge in [-0.05, 0) is 24.6 Å². The van der Waals surface area contributed by atoms with Crippen molar-refractivity contribution in [3.05, 3.63) is 34.9 Å². The highest BCUT2D eigenvalue weighted by Gasteiger charge is 2.23. The predicted octanol–water partition coefficient (Wildman–Crippen LogP) is 1.99. The van der Waals surface area contributed by atoms with Crippen molar-refractivity contribution in [1.82, 2.24) is 9.80 Å². The van der Waals surface area contributed by atoms with Crippen molar-refractivity contribution in [2.75, 3.05) is 45.9 Å². The summed E-state index contributed by atoms with van der Waals surface area (Å²) >= 11 is 5.83. The van der Waals surface area contributed by atoms with Gasteiger partial charge >= 0.3 is 6.09 Å². The van der Waals surface area contributed by atoms with Crippen molar-refractivity contribution in [1.29, 1.82) is 0 Å². The maximum atomic E-state index is 11.6. The molecule has 24 heavy (non-hydrogen) atoms. The molecule has 1 heterocycles. The number of nitrogens with zero attached hydrogens (tertiary/aromatic N) is 2. The molecule has 0 spiro atoms. The Kier molecular flexibility index (Phi) is 7.78. The minimum atomic E-state index is -0.550. The van der Waals surface area contributed by atoms with Crippen LogP contribution in [0.3, 0.4) is 0 Å². The Labute approximate surface area is 147 Å². The van der Waals surface area contributed by atoms with Crippen LogP contribution in [0.25, 0.3) is 0 Å². The fraction of sp³-hybridized carbons (Fsp3) is 0.588. The third-order valence-electron chi connectivity index (χ3n) is 3.86. The van der Waals surface area contributed by atoms with Gasteiger partial charge in [0.1, 0.15) is 0 Å². The second-order valence-corrected chi connectivity index (χ2v) is 6.22. The minimum Gasteiger partial charge on any atom is -0.450 e. The van der Waals surface area contributed by atoms with E-state index in [4.69, 9.17) is 21.1 Å². The van der Waals surface area contributed by atoms with Crippen LogP contribution >= 0.6 is 11.6 Å². The third-order valence-corrected chi connectivity index (χ3v) is 4.11. The van der Waals surface area contributed by atoms with Crippen molar-refractivity contribution in [3.63, 3.8) is 0 Å². The SMILES string of the molecule is CCOC(=O)N1CCN(C[C@@H](O)COCc2ccc(Cl)cc2)CC1. The van der Waals surface area contributed by atoms with Gasteiger partial charge < -0.3 is 19.5 Å². The normalized spacial score (nSPS) is 16.9. The summed E-state index contributed by atoms with van der Waals surface area (Å²) < 4.78 is 10.5. The first kappa shape index (κ1) is 19.0. The Morgan fingerprint density at radius 1 is 1.25 bits per heavy atom. The molecule has 7 heteroatoms. The van der Waals surface area contributed by atoms with E-state index in [0.717, 1.165) is 18.7 Å². The van der Waals surface area contributed by atoms with E-state index in [2.05, 4.69) is 4.90 Å². The van der Waals surface area contributed by atoms with E-state index in [-0.39, 0.29) is 12.7 Å². The number of aliphatic hydroxyl groups excluding tert-OH is 1. The number of carbonyl (C=O) groups excluding carboxylic acids is 1. The lowest BCUT2D eigenvalue weighted by Crippen LogP contribution is -2.50. The first-order valence-corrected chi connectivity index (χ1v) is 8.60. The van der Waals surface area contributed by atoms with Gasteiger partial charge in [-0.25, -0.2) is 4.79 Å². The molecule has 1 aromatic carbocycles. The Hall–Kier alpha value is -1.34. The fourth-order valence-corrected chi connectivity index (χ4v) is 2.70. The molecule has 1 saturated heterocycles. The highest BCUT2D eigenvalue weighted by atomic mass is 35.5. The second kappa shape index (κ2) is 9.84. The molecule has 0 unspecified atom stereocenters.